The maximum absolute atomic E-state index is 3.07. The molecule has 0 saturated carbocycles. The summed E-state index contributed by atoms with van der Waals surface area (Å²) in [5.41, 5.74) is 2.69. The summed E-state index contributed by atoms with van der Waals surface area (Å²) in [4.78, 5) is 6.14. The molecule has 3 rings (SSSR count). The van der Waals surface area contributed by atoms with Crippen LogP contribution in [-0.4, -0.2) is 9.97 Å². The summed E-state index contributed by atoms with van der Waals surface area (Å²) in [7, 11) is 0. The van der Waals surface area contributed by atoms with E-state index >= 15 is 0 Å². The number of imidazole rings is 2. The Morgan fingerprint density at radius 3 is 1.67 bits per heavy atom. The SMILES string of the molecule is c1ccc(C[n+]2cc[nH]c2)c(C[n+]2cc[nH]c2)c1. The van der Waals surface area contributed by atoms with Crippen LogP contribution in [0.15, 0.2) is 61.7 Å². The first-order valence-corrected chi connectivity index (χ1v) is 6.02. The first kappa shape index (κ1) is 10.8. The van der Waals surface area contributed by atoms with Crippen molar-refractivity contribution in [1.29, 1.82) is 0 Å². The molecule has 2 heterocycles. The number of aromatic amines is 2. The zero-order chi connectivity index (χ0) is 12.2. The molecule has 0 saturated heterocycles. The smallest absolute Gasteiger partial charge is 0.241 e. The van der Waals surface area contributed by atoms with E-state index in [0.717, 1.165) is 13.1 Å². The molecule has 0 bridgehead atoms. The highest BCUT2D eigenvalue weighted by Gasteiger charge is 2.08. The third-order valence-corrected chi connectivity index (χ3v) is 3.03. The van der Waals surface area contributed by atoms with Crippen molar-refractivity contribution in [1.82, 2.24) is 9.97 Å². The van der Waals surface area contributed by atoms with Crippen molar-refractivity contribution in [3.05, 3.63) is 72.8 Å². The number of nitrogens with one attached hydrogen (secondary N) is 2. The van der Waals surface area contributed by atoms with Crippen LogP contribution >= 0.6 is 0 Å². The minimum absolute atomic E-state index is 0.894. The molecular weight excluding hydrogens is 224 g/mol. The van der Waals surface area contributed by atoms with Crippen LogP contribution in [0.2, 0.25) is 0 Å². The third-order valence-electron chi connectivity index (χ3n) is 3.03. The van der Waals surface area contributed by atoms with E-state index in [1.54, 1.807) is 0 Å². The number of nitrogens with zero attached hydrogens (tertiary/aromatic N) is 2. The Morgan fingerprint density at radius 1 is 0.778 bits per heavy atom. The van der Waals surface area contributed by atoms with Gasteiger partial charge in [-0.3, -0.25) is 9.97 Å². The minimum atomic E-state index is 0.894. The molecule has 0 radical (unpaired) electrons. The fourth-order valence-electron chi connectivity index (χ4n) is 2.10. The molecule has 0 unspecified atom stereocenters. The predicted octanol–water partition coefficient (Wildman–Crippen LogP) is 1.01. The van der Waals surface area contributed by atoms with E-state index in [9.17, 15) is 0 Å². The molecule has 4 nitrogen and oxygen atoms in total. The molecule has 0 fully saturated rings. The summed E-state index contributed by atoms with van der Waals surface area (Å²) < 4.78 is 4.28. The standard InChI is InChI=1S/C14H14N4/c1-2-4-14(10-18-8-6-16-12-18)13(3-1)9-17-7-5-15-11-17/h1-8,11-12H,9-10H2/p+2. The number of hydrogen-bond acceptors (Lipinski definition) is 0. The first-order valence-electron chi connectivity index (χ1n) is 6.02. The molecule has 0 atom stereocenters. The van der Waals surface area contributed by atoms with Gasteiger partial charge in [0.25, 0.3) is 0 Å². The molecule has 0 spiro atoms. The Morgan fingerprint density at radius 2 is 1.28 bits per heavy atom. The van der Waals surface area contributed by atoms with Gasteiger partial charge in [0.05, 0.1) is 0 Å². The lowest BCUT2D eigenvalue weighted by Gasteiger charge is -2.05. The van der Waals surface area contributed by atoms with E-state index in [1.165, 1.54) is 11.1 Å². The quantitative estimate of drug-likeness (QED) is 0.639. The molecule has 1 aromatic carbocycles. The Labute approximate surface area is 106 Å². The second kappa shape index (κ2) is 4.87. The molecule has 2 N–H and O–H groups in total. The maximum atomic E-state index is 3.07. The molecule has 4 heteroatoms. The lowest BCUT2D eigenvalue weighted by molar-refractivity contribution is -0.692. The molecule has 90 valence electrons. The molecule has 3 aromatic rings. The molecule has 18 heavy (non-hydrogen) atoms. The van der Waals surface area contributed by atoms with Gasteiger partial charge >= 0.3 is 0 Å². The Balaban J connectivity index is 1.85. The summed E-state index contributed by atoms with van der Waals surface area (Å²) in [6, 6.07) is 8.55. The van der Waals surface area contributed by atoms with Gasteiger partial charge in [0.1, 0.15) is 37.9 Å². The average Bonchev–Trinajstić information content (AvgIpc) is 3.05. The van der Waals surface area contributed by atoms with Gasteiger partial charge in [-0.2, -0.15) is 0 Å². The Kier molecular flexibility index (Phi) is 2.92. The zero-order valence-corrected chi connectivity index (χ0v) is 10.1. The van der Waals surface area contributed by atoms with Crippen LogP contribution < -0.4 is 9.13 Å². The molecule has 0 amide bonds. The van der Waals surface area contributed by atoms with Gasteiger partial charge in [0, 0.05) is 11.1 Å². The van der Waals surface area contributed by atoms with Gasteiger partial charge in [-0.05, 0) is 0 Å². The van der Waals surface area contributed by atoms with Gasteiger partial charge in [-0.15, -0.1) is 0 Å². The summed E-state index contributed by atoms with van der Waals surface area (Å²) in [5.74, 6) is 0. The Bertz CT molecular complexity index is 541. The van der Waals surface area contributed by atoms with Crippen LogP contribution in [-0.2, 0) is 13.1 Å². The van der Waals surface area contributed by atoms with Crippen molar-refractivity contribution < 1.29 is 9.13 Å². The number of benzene rings is 1. The summed E-state index contributed by atoms with van der Waals surface area (Å²) in [5, 5.41) is 0. The van der Waals surface area contributed by atoms with Gasteiger partial charge in [0.15, 0.2) is 0 Å². The van der Waals surface area contributed by atoms with Crippen molar-refractivity contribution in [2.24, 2.45) is 0 Å². The van der Waals surface area contributed by atoms with Crippen molar-refractivity contribution in [3.63, 3.8) is 0 Å². The van der Waals surface area contributed by atoms with Crippen LogP contribution in [0, 0.1) is 0 Å². The lowest BCUT2D eigenvalue weighted by atomic mass is 10.1. The van der Waals surface area contributed by atoms with Crippen molar-refractivity contribution >= 4 is 0 Å². The number of hydrogen-bond donors (Lipinski definition) is 2. The number of aromatic nitrogens is 4. The van der Waals surface area contributed by atoms with E-state index in [4.69, 9.17) is 0 Å². The molecule has 0 aliphatic heterocycles. The fraction of sp³-hybridized carbons (Fsp3) is 0.143. The molecule has 0 aliphatic carbocycles. The van der Waals surface area contributed by atoms with Gasteiger partial charge < -0.3 is 0 Å². The lowest BCUT2D eigenvalue weighted by Crippen LogP contribution is -2.35. The number of H-pyrrole nitrogens is 2. The van der Waals surface area contributed by atoms with Crippen molar-refractivity contribution in [3.8, 4) is 0 Å². The largest absolute Gasteiger partial charge is 0.250 e. The molecule has 2 aromatic heterocycles. The third kappa shape index (κ3) is 2.32. The highest BCUT2D eigenvalue weighted by Crippen LogP contribution is 2.07. The van der Waals surface area contributed by atoms with Gasteiger partial charge in [-0.25, -0.2) is 9.13 Å². The van der Waals surface area contributed by atoms with Gasteiger partial charge in [-0.1, -0.05) is 24.3 Å². The fourth-order valence-corrected chi connectivity index (χ4v) is 2.10. The predicted molar refractivity (Wildman–Crippen MR) is 66.6 cm³/mol. The normalized spacial score (nSPS) is 10.7. The van der Waals surface area contributed by atoms with Crippen molar-refractivity contribution in [2.75, 3.05) is 0 Å². The highest BCUT2D eigenvalue weighted by atomic mass is 15.0. The maximum Gasteiger partial charge on any atom is 0.241 e. The molecular formula is C14H16N4+2. The average molecular weight is 240 g/mol. The monoisotopic (exact) mass is 240 g/mol. The van der Waals surface area contributed by atoms with Crippen LogP contribution in [0.3, 0.4) is 0 Å². The first-order chi connectivity index (χ1) is 8.92. The van der Waals surface area contributed by atoms with Crippen LogP contribution in [0.5, 0.6) is 0 Å². The summed E-state index contributed by atoms with van der Waals surface area (Å²) >= 11 is 0. The highest BCUT2D eigenvalue weighted by molar-refractivity contribution is 5.25. The van der Waals surface area contributed by atoms with E-state index in [-0.39, 0.29) is 0 Å². The number of rotatable bonds is 4. The zero-order valence-electron chi connectivity index (χ0n) is 10.1. The summed E-state index contributed by atoms with van der Waals surface area (Å²) in [6.07, 6.45) is 11.9. The minimum Gasteiger partial charge on any atom is -0.250 e. The summed E-state index contributed by atoms with van der Waals surface area (Å²) in [6.45, 7) is 1.79. The van der Waals surface area contributed by atoms with Crippen LogP contribution in [0.25, 0.3) is 0 Å². The second-order valence-corrected chi connectivity index (χ2v) is 4.34. The van der Waals surface area contributed by atoms with Crippen LogP contribution in [0.4, 0.5) is 0 Å². The second-order valence-electron chi connectivity index (χ2n) is 4.34. The van der Waals surface area contributed by atoms with Gasteiger partial charge in [0.2, 0.25) is 12.7 Å². The van der Waals surface area contributed by atoms with E-state index in [2.05, 4.69) is 43.4 Å². The molecule has 0 aliphatic rings. The topological polar surface area (TPSA) is 39.3 Å². The Hall–Kier alpha value is -2.36. The van der Waals surface area contributed by atoms with E-state index in [1.807, 2.05) is 37.4 Å². The van der Waals surface area contributed by atoms with Crippen molar-refractivity contribution in [2.45, 2.75) is 13.1 Å². The van der Waals surface area contributed by atoms with E-state index in [0.29, 0.717) is 0 Å². The van der Waals surface area contributed by atoms with E-state index < -0.39 is 0 Å². The van der Waals surface area contributed by atoms with Crippen LogP contribution in [0.1, 0.15) is 11.1 Å².